The lowest BCUT2D eigenvalue weighted by molar-refractivity contribution is -0.363. The Hall–Kier alpha value is -2.96. The smallest absolute Gasteiger partial charge is 0.507 e. The second-order valence-corrected chi connectivity index (χ2v) is 7.23. The maximum atomic E-state index is 15.5. The minimum absolute atomic E-state index is 0.128. The molecule has 0 amide bonds. The van der Waals surface area contributed by atoms with Gasteiger partial charge in [0.15, 0.2) is 12.0 Å². The van der Waals surface area contributed by atoms with Crippen LogP contribution in [0.15, 0.2) is 41.6 Å². The van der Waals surface area contributed by atoms with Crippen LogP contribution in [-0.2, 0) is 0 Å². The van der Waals surface area contributed by atoms with Gasteiger partial charge >= 0.3 is 6.97 Å². The van der Waals surface area contributed by atoms with Crippen LogP contribution in [0.2, 0.25) is 0 Å². The van der Waals surface area contributed by atoms with Crippen LogP contribution in [0, 0.1) is 13.8 Å². The van der Waals surface area contributed by atoms with Gasteiger partial charge in [-0.05, 0) is 55.8 Å². The number of carbonyl (C=O) groups is 1. The number of benzene rings is 1. The van der Waals surface area contributed by atoms with Crippen molar-refractivity contribution in [1.82, 2.24) is 4.48 Å². The summed E-state index contributed by atoms with van der Waals surface area (Å²) in [5, 5.41) is 9.86. The molecule has 0 aliphatic carbocycles. The van der Waals surface area contributed by atoms with E-state index in [-0.39, 0.29) is 11.3 Å². The maximum Gasteiger partial charge on any atom is 0.737 e. The number of aromatic hydroxyl groups is 1. The van der Waals surface area contributed by atoms with Gasteiger partial charge in [-0.25, -0.2) is 0 Å². The zero-order chi connectivity index (χ0) is 19.7. The quantitative estimate of drug-likeness (QED) is 0.642. The molecule has 3 heterocycles. The third-order valence-electron chi connectivity index (χ3n) is 5.38. The molecule has 0 radical (unpaired) electrons. The Morgan fingerprint density at radius 2 is 1.85 bits per heavy atom. The number of halogens is 2. The Labute approximate surface area is 155 Å². The highest BCUT2D eigenvalue weighted by atomic mass is 19.2. The SMILES string of the molecule is CC1=CC(C)=[N+]2C1=C(c1ccc(O)c(C=O)c1)c1c(C)cc(C)n1[B-]2(F)F. The predicted octanol–water partition coefficient (Wildman–Crippen LogP) is 4.05. The fourth-order valence-corrected chi connectivity index (χ4v) is 4.38. The van der Waals surface area contributed by atoms with Gasteiger partial charge in [-0.2, -0.15) is 0 Å². The van der Waals surface area contributed by atoms with E-state index in [0.29, 0.717) is 40.2 Å². The van der Waals surface area contributed by atoms with Gasteiger partial charge in [-0.15, -0.1) is 0 Å². The molecule has 0 atom stereocenters. The molecule has 27 heavy (non-hydrogen) atoms. The van der Waals surface area contributed by atoms with E-state index in [1.54, 1.807) is 38.1 Å². The van der Waals surface area contributed by atoms with Crippen molar-refractivity contribution in [2.24, 2.45) is 0 Å². The van der Waals surface area contributed by atoms with Crippen LogP contribution in [0.3, 0.4) is 0 Å². The Bertz CT molecular complexity index is 1120. The first-order valence-corrected chi connectivity index (χ1v) is 8.74. The van der Waals surface area contributed by atoms with Crippen LogP contribution in [-0.4, -0.2) is 33.0 Å². The van der Waals surface area contributed by atoms with Gasteiger partial charge in [-0.3, -0.25) is 4.79 Å². The van der Waals surface area contributed by atoms with Crippen molar-refractivity contribution in [2.75, 3.05) is 0 Å². The van der Waals surface area contributed by atoms with Gasteiger partial charge in [0.1, 0.15) is 11.5 Å². The van der Waals surface area contributed by atoms with Crippen molar-refractivity contribution in [3.05, 3.63) is 69.7 Å². The van der Waals surface area contributed by atoms with E-state index < -0.39 is 6.97 Å². The molecule has 0 saturated heterocycles. The van der Waals surface area contributed by atoms with Crippen LogP contribution >= 0.6 is 0 Å². The van der Waals surface area contributed by atoms with Gasteiger partial charge in [0.25, 0.3) is 0 Å². The number of hydrogen-bond acceptors (Lipinski definition) is 2. The number of hydrogen-bond donors (Lipinski definition) is 1. The third-order valence-corrected chi connectivity index (χ3v) is 5.38. The van der Waals surface area contributed by atoms with Gasteiger partial charge in [-0.1, -0.05) is 6.07 Å². The molecule has 7 heteroatoms. The summed E-state index contributed by atoms with van der Waals surface area (Å²) in [6.45, 7) is 2.94. The summed E-state index contributed by atoms with van der Waals surface area (Å²) in [4.78, 5) is 11.3. The van der Waals surface area contributed by atoms with Crippen molar-refractivity contribution < 1.29 is 23.0 Å². The van der Waals surface area contributed by atoms with E-state index in [9.17, 15) is 9.90 Å². The first-order valence-electron chi connectivity index (χ1n) is 8.74. The molecule has 1 aromatic carbocycles. The molecule has 4 nitrogen and oxygen atoms in total. The lowest BCUT2D eigenvalue weighted by Gasteiger charge is -2.34. The van der Waals surface area contributed by atoms with E-state index in [4.69, 9.17) is 0 Å². The molecular formula is C20H19BF2N2O2. The van der Waals surface area contributed by atoms with E-state index in [1.165, 1.54) is 6.07 Å². The van der Waals surface area contributed by atoms with E-state index in [0.717, 1.165) is 20.1 Å². The van der Waals surface area contributed by atoms with Crippen molar-refractivity contribution >= 4 is 24.5 Å². The number of fused-ring (bicyclic) bond motifs is 2. The molecular weight excluding hydrogens is 349 g/mol. The molecule has 0 spiro atoms. The van der Waals surface area contributed by atoms with Gasteiger partial charge in [0, 0.05) is 24.3 Å². The van der Waals surface area contributed by atoms with Gasteiger partial charge in [0.05, 0.1) is 11.1 Å². The number of allylic oxidation sites excluding steroid dienone is 2. The number of aromatic nitrogens is 1. The van der Waals surface area contributed by atoms with Crippen molar-refractivity contribution in [3.63, 3.8) is 0 Å². The highest BCUT2D eigenvalue weighted by molar-refractivity contribution is 6.58. The van der Waals surface area contributed by atoms with E-state index in [2.05, 4.69) is 0 Å². The highest BCUT2D eigenvalue weighted by Gasteiger charge is 2.55. The Balaban J connectivity index is 2.17. The molecule has 2 aliphatic rings. The zero-order valence-electron chi connectivity index (χ0n) is 15.5. The van der Waals surface area contributed by atoms with Crippen molar-refractivity contribution in [1.29, 1.82) is 0 Å². The molecule has 138 valence electrons. The van der Waals surface area contributed by atoms with Crippen molar-refractivity contribution in [2.45, 2.75) is 27.7 Å². The topological polar surface area (TPSA) is 45.2 Å². The fraction of sp³-hybridized carbons (Fsp3) is 0.200. The summed E-state index contributed by atoms with van der Waals surface area (Å²) < 4.78 is 33.2. The molecule has 2 aliphatic heterocycles. The van der Waals surface area contributed by atoms with Crippen LogP contribution in [0.25, 0.3) is 5.57 Å². The number of phenols is 1. The Morgan fingerprint density at radius 1 is 1.15 bits per heavy atom. The highest BCUT2D eigenvalue weighted by Crippen LogP contribution is 2.44. The van der Waals surface area contributed by atoms with Gasteiger partial charge < -0.3 is 22.7 Å². The lowest BCUT2D eigenvalue weighted by Crippen LogP contribution is -2.51. The lowest BCUT2D eigenvalue weighted by atomic mass is 9.83. The molecule has 0 bridgehead atoms. The number of aldehydes is 1. The van der Waals surface area contributed by atoms with Crippen molar-refractivity contribution in [3.8, 4) is 5.75 Å². The standard InChI is InChI=1S/C20H19BF2N2O2/c1-11-7-13(3)24-19(11)18(15-5-6-17(27)16(9-15)10-26)20-12(2)8-14(4)25(20)21(24,22)23/h5-10,27H,1-4H3. The molecule has 1 N–H and O–H groups in total. The predicted molar refractivity (Wildman–Crippen MR) is 101 cm³/mol. The zero-order valence-corrected chi connectivity index (χ0v) is 15.5. The molecule has 0 unspecified atom stereocenters. The number of phenolic OH excluding ortho intramolecular Hbond substituents is 1. The normalized spacial score (nSPS) is 17.8. The van der Waals surface area contributed by atoms with Crippen LogP contribution in [0.4, 0.5) is 8.63 Å². The molecule has 4 rings (SSSR count). The summed E-state index contributed by atoms with van der Waals surface area (Å²) >= 11 is 0. The number of nitrogens with zero attached hydrogens (tertiary/aromatic N) is 2. The van der Waals surface area contributed by atoms with Crippen LogP contribution < -0.4 is 0 Å². The fourth-order valence-electron chi connectivity index (χ4n) is 4.38. The molecule has 2 aromatic rings. The number of rotatable bonds is 2. The van der Waals surface area contributed by atoms with E-state index >= 15 is 8.63 Å². The first kappa shape index (κ1) is 17.5. The van der Waals surface area contributed by atoms with E-state index in [1.807, 2.05) is 13.8 Å². The van der Waals surface area contributed by atoms with Crippen LogP contribution in [0.5, 0.6) is 5.75 Å². The largest absolute Gasteiger partial charge is 0.737 e. The first-order chi connectivity index (χ1) is 12.7. The number of carbonyl (C=O) groups excluding carboxylic acids is 1. The number of aryl methyl sites for hydroxylation is 2. The summed E-state index contributed by atoms with van der Waals surface area (Å²) in [7, 11) is 0. The Morgan fingerprint density at radius 3 is 2.52 bits per heavy atom. The maximum absolute atomic E-state index is 15.5. The summed E-state index contributed by atoms with van der Waals surface area (Å²) in [5.41, 5.74) is 4.74. The average Bonchev–Trinajstić information content (AvgIpc) is 3.06. The minimum Gasteiger partial charge on any atom is -0.507 e. The monoisotopic (exact) mass is 368 g/mol. The van der Waals surface area contributed by atoms with Gasteiger partial charge in [0.2, 0.25) is 0 Å². The second kappa shape index (κ2) is 5.52. The Kier molecular flexibility index (Phi) is 3.57. The summed E-state index contributed by atoms with van der Waals surface area (Å²) in [5.74, 6) is -0.133. The average molecular weight is 368 g/mol. The molecule has 0 saturated carbocycles. The summed E-state index contributed by atoms with van der Waals surface area (Å²) in [6.07, 6.45) is 2.32. The van der Waals surface area contributed by atoms with Crippen LogP contribution in [0.1, 0.15) is 46.7 Å². The summed E-state index contributed by atoms with van der Waals surface area (Å²) in [6, 6.07) is 6.39. The second-order valence-electron chi connectivity index (χ2n) is 7.23. The molecule has 1 aromatic heterocycles. The minimum atomic E-state index is -4.03. The third kappa shape index (κ3) is 2.20. The molecule has 0 fully saturated rings.